The van der Waals surface area contributed by atoms with E-state index in [1.165, 1.54) is 4.68 Å². The highest BCUT2D eigenvalue weighted by molar-refractivity contribution is 9.10. The molecule has 1 amide bonds. The minimum absolute atomic E-state index is 0.0678. The number of anilines is 1. The standard InChI is InChI=1S/C17H18BrN3O2/c1-11-8-13(18)6-7-14(11)19-16(22)10-21-17(23)9-12-4-2-3-5-15(12)20-21/h6-9H,2-5,10H2,1H3,(H,19,22). The molecule has 0 spiro atoms. The van der Waals surface area contributed by atoms with Gasteiger partial charge in [-0.15, -0.1) is 0 Å². The monoisotopic (exact) mass is 375 g/mol. The molecular weight excluding hydrogens is 358 g/mol. The van der Waals surface area contributed by atoms with E-state index in [0.717, 1.165) is 52.7 Å². The van der Waals surface area contributed by atoms with Crippen LogP contribution in [0.4, 0.5) is 5.69 Å². The summed E-state index contributed by atoms with van der Waals surface area (Å²) in [4.78, 5) is 24.3. The fourth-order valence-electron chi connectivity index (χ4n) is 2.81. The number of nitrogens with one attached hydrogen (secondary N) is 1. The van der Waals surface area contributed by atoms with Gasteiger partial charge in [-0.2, -0.15) is 5.10 Å². The summed E-state index contributed by atoms with van der Waals surface area (Å²) in [6, 6.07) is 7.25. The summed E-state index contributed by atoms with van der Waals surface area (Å²) in [6.07, 6.45) is 3.97. The summed E-state index contributed by atoms with van der Waals surface area (Å²) in [5.41, 5.74) is 3.46. The number of carbonyl (C=O) groups excluding carboxylic acids is 1. The second kappa shape index (κ2) is 6.66. The first-order valence-corrected chi connectivity index (χ1v) is 8.48. The minimum Gasteiger partial charge on any atom is -0.324 e. The zero-order valence-corrected chi connectivity index (χ0v) is 14.5. The van der Waals surface area contributed by atoms with E-state index in [2.05, 4.69) is 26.3 Å². The zero-order chi connectivity index (χ0) is 16.4. The molecule has 23 heavy (non-hydrogen) atoms. The highest BCUT2D eigenvalue weighted by Crippen LogP contribution is 2.20. The molecule has 0 fully saturated rings. The topological polar surface area (TPSA) is 64.0 Å². The second-order valence-electron chi connectivity index (χ2n) is 5.83. The summed E-state index contributed by atoms with van der Waals surface area (Å²) in [6.45, 7) is 1.85. The predicted molar refractivity (Wildman–Crippen MR) is 92.6 cm³/mol. The summed E-state index contributed by atoms with van der Waals surface area (Å²) in [7, 11) is 0. The van der Waals surface area contributed by atoms with Crippen molar-refractivity contribution in [2.45, 2.75) is 39.2 Å². The van der Waals surface area contributed by atoms with Crippen molar-refractivity contribution in [1.29, 1.82) is 0 Å². The van der Waals surface area contributed by atoms with Crippen LogP contribution in [-0.4, -0.2) is 15.7 Å². The van der Waals surface area contributed by atoms with Gasteiger partial charge in [0.15, 0.2) is 0 Å². The Morgan fingerprint density at radius 1 is 1.30 bits per heavy atom. The quantitative estimate of drug-likeness (QED) is 0.896. The van der Waals surface area contributed by atoms with Crippen molar-refractivity contribution in [3.05, 3.63) is 55.9 Å². The lowest BCUT2D eigenvalue weighted by atomic mass is 9.97. The number of hydrogen-bond donors (Lipinski definition) is 1. The van der Waals surface area contributed by atoms with Crippen molar-refractivity contribution in [1.82, 2.24) is 9.78 Å². The van der Waals surface area contributed by atoms with Crippen LogP contribution in [0.3, 0.4) is 0 Å². The number of hydrogen-bond acceptors (Lipinski definition) is 3. The number of amides is 1. The van der Waals surface area contributed by atoms with Crippen LogP contribution in [0.25, 0.3) is 0 Å². The molecular formula is C17H18BrN3O2. The molecule has 2 aromatic rings. The molecule has 1 aliphatic rings. The molecule has 0 radical (unpaired) electrons. The van der Waals surface area contributed by atoms with Crippen LogP contribution in [0.1, 0.15) is 29.7 Å². The van der Waals surface area contributed by atoms with E-state index >= 15 is 0 Å². The lowest BCUT2D eigenvalue weighted by Gasteiger charge is -2.16. The number of aryl methyl sites for hydroxylation is 3. The molecule has 1 aromatic heterocycles. The molecule has 1 N–H and O–H groups in total. The molecule has 1 aliphatic carbocycles. The second-order valence-corrected chi connectivity index (χ2v) is 6.74. The molecule has 0 aliphatic heterocycles. The van der Waals surface area contributed by atoms with Crippen molar-refractivity contribution < 1.29 is 4.79 Å². The van der Waals surface area contributed by atoms with Crippen LogP contribution >= 0.6 is 15.9 Å². The molecule has 5 nitrogen and oxygen atoms in total. The Kier molecular flexibility index (Phi) is 4.61. The van der Waals surface area contributed by atoms with Crippen molar-refractivity contribution in [2.75, 3.05) is 5.32 Å². The molecule has 1 heterocycles. The average molecular weight is 376 g/mol. The van der Waals surface area contributed by atoms with Gasteiger partial charge in [-0.1, -0.05) is 15.9 Å². The SMILES string of the molecule is Cc1cc(Br)ccc1NC(=O)Cn1nc2c(cc1=O)CCCC2. The van der Waals surface area contributed by atoms with Gasteiger partial charge < -0.3 is 5.32 Å². The average Bonchev–Trinajstić information content (AvgIpc) is 2.51. The van der Waals surface area contributed by atoms with E-state index in [1.807, 2.05) is 25.1 Å². The smallest absolute Gasteiger partial charge is 0.267 e. The Labute approximate surface area is 142 Å². The normalized spacial score (nSPS) is 13.5. The summed E-state index contributed by atoms with van der Waals surface area (Å²) in [5.74, 6) is -0.249. The first-order chi connectivity index (χ1) is 11.0. The number of nitrogens with zero attached hydrogens (tertiary/aromatic N) is 2. The summed E-state index contributed by atoms with van der Waals surface area (Å²) < 4.78 is 2.22. The fraction of sp³-hybridized carbons (Fsp3) is 0.353. The van der Waals surface area contributed by atoms with Crippen molar-refractivity contribution in [3.8, 4) is 0 Å². The van der Waals surface area contributed by atoms with E-state index < -0.39 is 0 Å². The van der Waals surface area contributed by atoms with E-state index in [9.17, 15) is 9.59 Å². The largest absolute Gasteiger partial charge is 0.324 e. The molecule has 6 heteroatoms. The van der Waals surface area contributed by atoms with Crippen molar-refractivity contribution in [3.63, 3.8) is 0 Å². The molecule has 0 atom stereocenters. The van der Waals surface area contributed by atoms with E-state index in [0.29, 0.717) is 0 Å². The minimum atomic E-state index is -0.249. The number of halogens is 1. The Hall–Kier alpha value is -1.95. The lowest BCUT2D eigenvalue weighted by molar-refractivity contribution is -0.117. The molecule has 0 saturated heterocycles. The Morgan fingerprint density at radius 3 is 2.87 bits per heavy atom. The molecule has 0 bridgehead atoms. The van der Waals surface area contributed by atoms with Crippen molar-refractivity contribution >= 4 is 27.5 Å². The van der Waals surface area contributed by atoms with Gasteiger partial charge >= 0.3 is 0 Å². The van der Waals surface area contributed by atoms with E-state index in [1.54, 1.807) is 6.07 Å². The van der Waals surface area contributed by atoms with Gasteiger partial charge in [0.05, 0.1) is 5.69 Å². The third kappa shape index (κ3) is 3.69. The van der Waals surface area contributed by atoms with Crippen molar-refractivity contribution in [2.24, 2.45) is 0 Å². The number of carbonyl (C=O) groups is 1. The van der Waals surface area contributed by atoms with Crippen LogP contribution in [0.2, 0.25) is 0 Å². The lowest BCUT2D eigenvalue weighted by Crippen LogP contribution is -2.31. The van der Waals surface area contributed by atoms with Gasteiger partial charge in [0.25, 0.3) is 5.56 Å². The van der Waals surface area contributed by atoms with Gasteiger partial charge in [0, 0.05) is 16.2 Å². The fourth-order valence-corrected chi connectivity index (χ4v) is 3.28. The van der Waals surface area contributed by atoms with E-state index in [4.69, 9.17) is 0 Å². The van der Waals surface area contributed by atoms with Gasteiger partial charge in [-0.3, -0.25) is 9.59 Å². The first-order valence-electron chi connectivity index (χ1n) is 7.69. The van der Waals surface area contributed by atoms with Gasteiger partial charge in [0.2, 0.25) is 5.91 Å². The predicted octanol–water partition coefficient (Wildman–Crippen LogP) is 2.83. The maximum absolute atomic E-state index is 12.2. The zero-order valence-electron chi connectivity index (χ0n) is 12.9. The maximum atomic E-state index is 12.2. The number of rotatable bonds is 3. The molecule has 3 rings (SSSR count). The van der Waals surface area contributed by atoms with Crippen LogP contribution in [0.5, 0.6) is 0 Å². The Balaban J connectivity index is 1.76. The molecule has 0 unspecified atom stereocenters. The summed E-state index contributed by atoms with van der Waals surface area (Å²) in [5, 5.41) is 7.20. The number of benzene rings is 1. The van der Waals surface area contributed by atoms with Gasteiger partial charge in [0.1, 0.15) is 6.54 Å². The third-order valence-corrected chi connectivity index (χ3v) is 4.52. The van der Waals surface area contributed by atoms with Crippen LogP contribution in [0.15, 0.2) is 33.5 Å². The van der Waals surface area contributed by atoms with Gasteiger partial charge in [-0.25, -0.2) is 4.68 Å². The first kappa shape index (κ1) is 15.9. The van der Waals surface area contributed by atoms with Crippen LogP contribution in [-0.2, 0) is 24.2 Å². The molecule has 120 valence electrons. The maximum Gasteiger partial charge on any atom is 0.267 e. The van der Waals surface area contributed by atoms with E-state index in [-0.39, 0.29) is 18.0 Å². The number of fused-ring (bicyclic) bond motifs is 1. The highest BCUT2D eigenvalue weighted by atomic mass is 79.9. The molecule has 1 aromatic carbocycles. The Bertz CT molecular complexity index is 814. The highest BCUT2D eigenvalue weighted by Gasteiger charge is 2.15. The van der Waals surface area contributed by atoms with Crippen LogP contribution in [0, 0.1) is 6.92 Å². The molecule has 0 saturated carbocycles. The third-order valence-electron chi connectivity index (χ3n) is 4.03. The van der Waals surface area contributed by atoms with Gasteiger partial charge in [-0.05, 0) is 61.9 Å². The number of aromatic nitrogens is 2. The summed E-state index contributed by atoms with van der Waals surface area (Å²) >= 11 is 3.39. The van der Waals surface area contributed by atoms with Crippen LogP contribution < -0.4 is 10.9 Å². The Morgan fingerprint density at radius 2 is 2.09 bits per heavy atom.